The number of aromatic nitrogens is 1. The van der Waals surface area contributed by atoms with E-state index in [1.807, 2.05) is 13.8 Å². The molecule has 4 nitrogen and oxygen atoms in total. The molecule has 0 fully saturated rings. The Morgan fingerprint density at radius 1 is 0.946 bits per heavy atom. The number of halogens is 7. The number of H-pyrrole nitrogens is 1. The molecule has 194 valence electrons. The molecule has 0 radical (unpaired) electrons. The zero-order valence-electron chi connectivity index (χ0n) is 19.3. The fraction of sp³-hybridized carbons (Fsp3) is 0.192. The molecule has 1 aromatic heterocycles. The minimum Gasteiger partial charge on any atom is -0.456 e. The van der Waals surface area contributed by atoms with Gasteiger partial charge in [0.1, 0.15) is 16.9 Å². The van der Waals surface area contributed by atoms with Gasteiger partial charge in [-0.25, -0.2) is 0 Å². The topological polar surface area (TPSA) is 54.1 Å². The predicted molar refractivity (Wildman–Crippen MR) is 128 cm³/mol. The fourth-order valence-corrected chi connectivity index (χ4v) is 4.04. The predicted octanol–water partition coefficient (Wildman–Crippen LogP) is 9.03. The molecule has 0 atom stereocenters. The van der Waals surface area contributed by atoms with E-state index in [9.17, 15) is 31.1 Å². The van der Waals surface area contributed by atoms with Gasteiger partial charge in [0.2, 0.25) is 0 Å². The maximum absolute atomic E-state index is 14.0. The largest absolute Gasteiger partial charge is 0.456 e. The molecular weight excluding hydrogens is 522 g/mol. The first kappa shape index (κ1) is 26.4. The number of rotatable bonds is 5. The third-order valence-electron chi connectivity index (χ3n) is 5.57. The molecular formula is C26H19ClF6N2O2. The maximum Gasteiger partial charge on any atom is 0.420 e. The summed E-state index contributed by atoms with van der Waals surface area (Å²) in [6.07, 6.45) is -8.74. The number of alkyl halides is 6. The van der Waals surface area contributed by atoms with Crippen LogP contribution in [0.3, 0.4) is 0 Å². The second-order valence-corrected chi connectivity index (χ2v) is 9.01. The lowest BCUT2D eigenvalue weighted by atomic mass is 10.0. The van der Waals surface area contributed by atoms with E-state index in [0.717, 1.165) is 5.56 Å². The smallest absolute Gasteiger partial charge is 0.420 e. The summed E-state index contributed by atoms with van der Waals surface area (Å²) in [5, 5.41) is 2.87. The van der Waals surface area contributed by atoms with Crippen LogP contribution < -0.4 is 10.1 Å². The van der Waals surface area contributed by atoms with Crippen molar-refractivity contribution in [2.45, 2.75) is 32.1 Å². The Bertz CT molecular complexity index is 1440. The van der Waals surface area contributed by atoms with Crippen molar-refractivity contribution in [3.8, 4) is 11.5 Å². The van der Waals surface area contributed by atoms with Crippen LogP contribution in [0.4, 0.5) is 32.0 Å². The lowest BCUT2D eigenvalue weighted by molar-refractivity contribution is -0.144. The van der Waals surface area contributed by atoms with Crippen molar-refractivity contribution in [2.75, 3.05) is 5.32 Å². The van der Waals surface area contributed by atoms with E-state index in [2.05, 4.69) is 10.3 Å². The van der Waals surface area contributed by atoms with E-state index in [0.29, 0.717) is 23.0 Å². The zero-order valence-corrected chi connectivity index (χ0v) is 20.1. The molecule has 0 bridgehead atoms. The van der Waals surface area contributed by atoms with Gasteiger partial charge >= 0.3 is 12.4 Å². The van der Waals surface area contributed by atoms with E-state index in [4.69, 9.17) is 16.3 Å². The Morgan fingerprint density at radius 2 is 1.59 bits per heavy atom. The van der Waals surface area contributed by atoms with Gasteiger partial charge in [0.05, 0.1) is 0 Å². The van der Waals surface area contributed by atoms with E-state index in [1.165, 1.54) is 42.5 Å². The van der Waals surface area contributed by atoms with E-state index in [-0.39, 0.29) is 22.3 Å². The van der Waals surface area contributed by atoms with Crippen LogP contribution in [0, 0.1) is 0 Å². The van der Waals surface area contributed by atoms with E-state index < -0.39 is 40.8 Å². The van der Waals surface area contributed by atoms with Gasteiger partial charge in [-0.1, -0.05) is 31.5 Å². The molecule has 4 aromatic rings. The van der Waals surface area contributed by atoms with Crippen LogP contribution >= 0.6 is 11.6 Å². The Morgan fingerprint density at radius 3 is 2.16 bits per heavy atom. The third-order valence-corrected chi connectivity index (χ3v) is 5.81. The zero-order chi connectivity index (χ0) is 27.1. The van der Waals surface area contributed by atoms with E-state index in [1.54, 1.807) is 6.20 Å². The van der Waals surface area contributed by atoms with Crippen molar-refractivity contribution >= 4 is 34.1 Å². The van der Waals surface area contributed by atoms with Crippen molar-refractivity contribution in [1.82, 2.24) is 4.98 Å². The van der Waals surface area contributed by atoms with Crippen LogP contribution in [0.1, 0.15) is 46.8 Å². The highest BCUT2D eigenvalue weighted by molar-refractivity contribution is 6.31. The van der Waals surface area contributed by atoms with Crippen molar-refractivity contribution in [1.29, 1.82) is 0 Å². The van der Waals surface area contributed by atoms with Gasteiger partial charge in [-0.05, 0) is 60.0 Å². The Labute approximate surface area is 212 Å². The number of hydrogen-bond acceptors (Lipinski definition) is 2. The lowest BCUT2D eigenvalue weighted by Gasteiger charge is -2.21. The summed E-state index contributed by atoms with van der Waals surface area (Å²) in [5.74, 6) is -2.51. The van der Waals surface area contributed by atoms with Gasteiger partial charge in [0.25, 0.3) is 5.91 Å². The van der Waals surface area contributed by atoms with Gasteiger partial charge < -0.3 is 15.0 Å². The number of aromatic amines is 1. The summed E-state index contributed by atoms with van der Waals surface area (Å²) in [7, 11) is 0. The monoisotopic (exact) mass is 540 g/mol. The first-order chi connectivity index (χ1) is 17.2. The van der Waals surface area contributed by atoms with Crippen molar-refractivity contribution < 1.29 is 35.9 Å². The van der Waals surface area contributed by atoms with Crippen LogP contribution in [0.2, 0.25) is 5.02 Å². The molecule has 0 aliphatic carbocycles. The average Bonchev–Trinajstić information content (AvgIpc) is 3.22. The highest BCUT2D eigenvalue weighted by Gasteiger charge is 2.43. The number of amides is 1. The number of anilines is 1. The van der Waals surface area contributed by atoms with Gasteiger partial charge in [0, 0.05) is 33.4 Å². The highest BCUT2D eigenvalue weighted by atomic mass is 35.5. The minimum absolute atomic E-state index is 0.0443. The molecule has 0 saturated carbocycles. The van der Waals surface area contributed by atoms with Crippen LogP contribution in [-0.2, 0) is 12.4 Å². The fourth-order valence-electron chi connectivity index (χ4n) is 3.85. The first-order valence-corrected chi connectivity index (χ1v) is 11.3. The lowest BCUT2D eigenvalue weighted by Crippen LogP contribution is -2.17. The number of ether oxygens (including phenoxy) is 1. The average molecular weight is 541 g/mol. The number of fused-ring (bicyclic) bond motifs is 1. The van der Waals surface area contributed by atoms with Crippen LogP contribution in [-0.4, -0.2) is 10.9 Å². The maximum atomic E-state index is 14.0. The summed E-state index contributed by atoms with van der Waals surface area (Å²) in [6.45, 7) is 3.80. The SMILES string of the molecule is CC(C)c1c[nH]c2ccc(Oc3c(C(F)(F)F)cc(NC(=O)c4cccc(Cl)c4)cc3C(F)(F)F)cc12. The Hall–Kier alpha value is -3.66. The number of carbonyl (C=O) groups excluding carboxylic acids is 1. The summed E-state index contributed by atoms with van der Waals surface area (Å²) in [5.41, 5.74) is -2.66. The summed E-state index contributed by atoms with van der Waals surface area (Å²) >= 11 is 5.82. The molecule has 0 aliphatic heterocycles. The normalized spacial score (nSPS) is 12.3. The highest BCUT2D eigenvalue weighted by Crippen LogP contribution is 2.48. The molecule has 1 heterocycles. The third kappa shape index (κ3) is 5.69. The van der Waals surface area contributed by atoms with Crippen molar-refractivity contribution in [3.05, 3.63) is 88.1 Å². The van der Waals surface area contributed by atoms with Crippen LogP contribution in [0.15, 0.2) is 60.8 Å². The molecule has 0 unspecified atom stereocenters. The standard InChI is InChI=1S/C26H19ClF6N2O2/c1-13(2)19-12-34-22-7-6-17(11-18(19)22)37-23-20(25(28,29)30)9-16(10-21(23)26(31,32)33)35-24(36)14-4-3-5-15(27)8-14/h3-13,34H,1-2H3,(H,35,36). The Balaban J connectivity index is 1.81. The van der Waals surface area contributed by atoms with Gasteiger partial charge in [-0.2, -0.15) is 26.3 Å². The summed E-state index contributed by atoms with van der Waals surface area (Å²) < 4.78 is 89.3. The van der Waals surface area contributed by atoms with Gasteiger partial charge in [0.15, 0.2) is 5.75 Å². The summed E-state index contributed by atoms with van der Waals surface area (Å²) in [6, 6.07) is 10.4. The van der Waals surface area contributed by atoms with Crippen molar-refractivity contribution in [2.24, 2.45) is 0 Å². The molecule has 0 aliphatic rings. The van der Waals surface area contributed by atoms with Gasteiger partial charge in [-0.15, -0.1) is 0 Å². The number of benzene rings is 3. The second kappa shape index (κ2) is 9.66. The molecule has 0 saturated heterocycles. The van der Waals surface area contributed by atoms with Gasteiger partial charge in [-0.3, -0.25) is 4.79 Å². The Kier molecular flexibility index (Phi) is 6.89. The number of nitrogens with one attached hydrogen (secondary N) is 2. The molecule has 3 aromatic carbocycles. The second-order valence-electron chi connectivity index (χ2n) is 8.57. The van der Waals surface area contributed by atoms with E-state index >= 15 is 0 Å². The molecule has 0 spiro atoms. The molecule has 2 N–H and O–H groups in total. The quantitative estimate of drug-likeness (QED) is 0.248. The van der Waals surface area contributed by atoms with Crippen LogP contribution in [0.25, 0.3) is 10.9 Å². The first-order valence-electron chi connectivity index (χ1n) is 10.9. The molecule has 37 heavy (non-hydrogen) atoms. The van der Waals surface area contributed by atoms with Crippen LogP contribution in [0.5, 0.6) is 11.5 Å². The summed E-state index contributed by atoms with van der Waals surface area (Å²) in [4.78, 5) is 15.5. The minimum atomic E-state index is -5.23. The molecule has 4 rings (SSSR count). The van der Waals surface area contributed by atoms with Crippen molar-refractivity contribution in [3.63, 3.8) is 0 Å². The molecule has 11 heteroatoms. The number of carbonyl (C=O) groups is 1. The number of hydrogen-bond donors (Lipinski definition) is 2. The molecule has 1 amide bonds.